The Bertz CT molecular complexity index is 1110. The molecule has 0 saturated carbocycles. The summed E-state index contributed by atoms with van der Waals surface area (Å²) in [6.45, 7) is 3.30. The van der Waals surface area contributed by atoms with Crippen LogP contribution in [0.15, 0.2) is 68.7 Å². The highest BCUT2D eigenvalue weighted by molar-refractivity contribution is 6.02. The zero-order chi connectivity index (χ0) is 20.2. The quantitative estimate of drug-likeness (QED) is 0.306. The normalized spacial score (nSPS) is 16.1. The van der Waals surface area contributed by atoms with E-state index in [9.17, 15) is 0 Å². The first-order chi connectivity index (χ1) is 14.8. The predicted molar refractivity (Wildman–Crippen MR) is 124 cm³/mol. The lowest BCUT2D eigenvalue weighted by atomic mass is 10.0. The van der Waals surface area contributed by atoms with Gasteiger partial charge in [0.25, 0.3) is 0 Å². The monoisotopic (exact) mass is 398 g/mol. The number of guanidine groups is 2. The Balaban J connectivity index is 1.34. The molecule has 8 nitrogen and oxygen atoms in total. The molecule has 4 N–H and O–H groups in total. The number of nitrogens with one attached hydrogen (secondary N) is 4. The lowest BCUT2D eigenvalue weighted by Crippen LogP contribution is -2.30. The second kappa shape index (κ2) is 8.20. The molecule has 150 valence electrons. The fraction of sp³-hybridized carbons (Fsp3) is 0.182. The van der Waals surface area contributed by atoms with E-state index in [2.05, 4.69) is 90.2 Å². The molecule has 0 unspecified atom stereocenters. The molecule has 0 aliphatic carbocycles. The van der Waals surface area contributed by atoms with Crippen LogP contribution in [0.5, 0.6) is 0 Å². The maximum atomic E-state index is 4.26. The molecule has 0 radical (unpaired) electrons. The zero-order valence-electron chi connectivity index (χ0n) is 16.4. The third-order valence-electron chi connectivity index (χ3n) is 4.96. The summed E-state index contributed by atoms with van der Waals surface area (Å²) in [5.74, 6) is 1.44. The first-order valence-electron chi connectivity index (χ1n) is 9.96. The van der Waals surface area contributed by atoms with Crippen molar-refractivity contribution < 1.29 is 0 Å². The standard InChI is InChI=1S/C22H22N8/c1-3-17-11-20-10-16(14-28-30-22-25-7-8-26-22)2-4-18(20)12-19(17)9-15(1)13-27-29-21-23-5-6-24-21/h1-4,9-14H,5-8H2,(H2,23,24,29)(H2,25,26,30)/b27-13+,28-14+. The number of fused-ring (bicyclic) bond motifs is 2. The molecular formula is C22H22N8. The first-order valence-corrected chi connectivity index (χ1v) is 9.96. The van der Waals surface area contributed by atoms with Crippen molar-refractivity contribution in [2.75, 3.05) is 26.2 Å². The van der Waals surface area contributed by atoms with E-state index < -0.39 is 0 Å². The topological polar surface area (TPSA) is 97.6 Å². The van der Waals surface area contributed by atoms with Gasteiger partial charge >= 0.3 is 0 Å². The van der Waals surface area contributed by atoms with Crippen molar-refractivity contribution in [3.05, 3.63) is 59.7 Å². The third kappa shape index (κ3) is 4.07. The van der Waals surface area contributed by atoms with Crippen molar-refractivity contribution in [1.29, 1.82) is 0 Å². The lowest BCUT2D eigenvalue weighted by Gasteiger charge is -2.05. The van der Waals surface area contributed by atoms with Gasteiger partial charge in [-0.25, -0.2) is 20.8 Å². The van der Waals surface area contributed by atoms with Crippen molar-refractivity contribution in [2.45, 2.75) is 0 Å². The Kier molecular flexibility index (Phi) is 4.95. The van der Waals surface area contributed by atoms with Crippen LogP contribution in [0.4, 0.5) is 0 Å². The van der Waals surface area contributed by atoms with Gasteiger partial charge in [0.05, 0.1) is 25.5 Å². The van der Waals surface area contributed by atoms with Gasteiger partial charge in [0.1, 0.15) is 0 Å². The van der Waals surface area contributed by atoms with Crippen molar-refractivity contribution in [3.8, 4) is 0 Å². The van der Waals surface area contributed by atoms with Gasteiger partial charge in [-0.2, -0.15) is 10.2 Å². The van der Waals surface area contributed by atoms with Gasteiger partial charge in [0.2, 0.25) is 11.9 Å². The number of benzene rings is 3. The number of aliphatic imine (C=N–C) groups is 2. The lowest BCUT2D eigenvalue weighted by molar-refractivity contribution is 0.920. The van der Waals surface area contributed by atoms with Gasteiger partial charge < -0.3 is 10.6 Å². The maximum absolute atomic E-state index is 4.26. The molecule has 3 aromatic carbocycles. The number of hydrazone groups is 2. The summed E-state index contributed by atoms with van der Waals surface area (Å²) in [7, 11) is 0. The van der Waals surface area contributed by atoms with Crippen molar-refractivity contribution in [1.82, 2.24) is 21.5 Å². The highest BCUT2D eigenvalue weighted by atomic mass is 15.4. The van der Waals surface area contributed by atoms with E-state index in [1.807, 2.05) is 12.4 Å². The summed E-state index contributed by atoms with van der Waals surface area (Å²) in [6.07, 6.45) is 3.62. The number of hydrogen-bond donors (Lipinski definition) is 4. The van der Waals surface area contributed by atoms with E-state index in [0.29, 0.717) is 0 Å². The van der Waals surface area contributed by atoms with Crippen molar-refractivity contribution >= 4 is 45.9 Å². The molecule has 0 fully saturated rings. The van der Waals surface area contributed by atoms with Gasteiger partial charge in [-0.1, -0.05) is 24.3 Å². The van der Waals surface area contributed by atoms with Gasteiger partial charge in [-0.3, -0.25) is 0 Å². The average molecular weight is 398 g/mol. The predicted octanol–water partition coefficient (Wildman–Crippen LogP) is 1.76. The molecule has 2 aliphatic heterocycles. The molecule has 0 aromatic heterocycles. The largest absolute Gasteiger partial charge is 0.353 e. The van der Waals surface area contributed by atoms with Crippen molar-refractivity contribution in [2.24, 2.45) is 20.2 Å². The second-order valence-corrected chi connectivity index (χ2v) is 7.12. The minimum atomic E-state index is 0.722. The Morgan fingerprint density at radius 3 is 1.60 bits per heavy atom. The van der Waals surface area contributed by atoms with Crippen LogP contribution in [0.1, 0.15) is 11.1 Å². The molecule has 2 aliphatic rings. The molecule has 30 heavy (non-hydrogen) atoms. The Morgan fingerprint density at radius 1 is 0.667 bits per heavy atom. The molecule has 0 spiro atoms. The van der Waals surface area contributed by atoms with E-state index in [0.717, 1.165) is 49.2 Å². The van der Waals surface area contributed by atoms with E-state index >= 15 is 0 Å². The molecule has 2 heterocycles. The number of hydrogen-bond acceptors (Lipinski definition) is 8. The first kappa shape index (κ1) is 18.1. The van der Waals surface area contributed by atoms with Crippen LogP contribution >= 0.6 is 0 Å². The number of rotatable bonds is 4. The zero-order valence-corrected chi connectivity index (χ0v) is 16.4. The summed E-state index contributed by atoms with van der Waals surface area (Å²) in [5.41, 5.74) is 7.92. The summed E-state index contributed by atoms with van der Waals surface area (Å²) in [5, 5.41) is 19.5. The van der Waals surface area contributed by atoms with Gasteiger partial charge in [0, 0.05) is 13.1 Å². The van der Waals surface area contributed by atoms with Crippen LogP contribution < -0.4 is 21.5 Å². The Labute approximate surface area is 173 Å². The summed E-state index contributed by atoms with van der Waals surface area (Å²) < 4.78 is 0. The molecule has 5 rings (SSSR count). The van der Waals surface area contributed by atoms with Crippen LogP contribution in [-0.4, -0.2) is 50.5 Å². The SMILES string of the molecule is C(=N\NC1=NCCN1)/c1ccc2cc3cc(/C=N/NC4=NCCN4)ccc3cc2c1. The minimum Gasteiger partial charge on any atom is -0.353 e. The average Bonchev–Trinajstić information content (AvgIpc) is 3.47. The van der Waals surface area contributed by atoms with Crippen LogP contribution in [0.3, 0.4) is 0 Å². The fourth-order valence-corrected chi connectivity index (χ4v) is 3.48. The molecule has 0 bridgehead atoms. The van der Waals surface area contributed by atoms with E-state index in [1.54, 1.807) is 0 Å². The maximum Gasteiger partial charge on any atom is 0.212 e. The van der Waals surface area contributed by atoms with Crippen LogP contribution in [0.2, 0.25) is 0 Å². The van der Waals surface area contributed by atoms with Crippen LogP contribution in [0.25, 0.3) is 21.5 Å². The second-order valence-electron chi connectivity index (χ2n) is 7.12. The van der Waals surface area contributed by atoms with E-state index in [4.69, 9.17) is 0 Å². The highest BCUT2D eigenvalue weighted by Gasteiger charge is 2.04. The Morgan fingerprint density at radius 2 is 1.17 bits per heavy atom. The third-order valence-corrected chi connectivity index (χ3v) is 4.96. The van der Waals surface area contributed by atoms with E-state index in [-0.39, 0.29) is 0 Å². The summed E-state index contributed by atoms with van der Waals surface area (Å²) in [4.78, 5) is 8.51. The molecule has 3 aromatic rings. The summed E-state index contributed by atoms with van der Waals surface area (Å²) in [6, 6.07) is 17.0. The van der Waals surface area contributed by atoms with Crippen molar-refractivity contribution in [3.63, 3.8) is 0 Å². The van der Waals surface area contributed by atoms with E-state index in [1.165, 1.54) is 21.5 Å². The highest BCUT2D eigenvalue weighted by Crippen LogP contribution is 2.24. The molecule has 0 atom stereocenters. The smallest absolute Gasteiger partial charge is 0.212 e. The molecule has 0 amide bonds. The molecule has 0 saturated heterocycles. The van der Waals surface area contributed by atoms with Crippen LogP contribution in [-0.2, 0) is 0 Å². The minimum absolute atomic E-state index is 0.722. The Hall–Kier alpha value is -3.94. The summed E-state index contributed by atoms with van der Waals surface area (Å²) >= 11 is 0. The molecule has 8 heteroatoms. The molecular weight excluding hydrogens is 376 g/mol. The van der Waals surface area contributed by atoms with Gasteiger partial charge in [-0.05, 0) is 56.9 Å². The van der Waals surface area contributed by atoms with Gasteiger partial charge in [0.15, 0.2) is 0 Å². The number of nitrogens with zero attached hydrogens (tertiary/aromatic N) is 4. The van der Waals surface area contributed by atoms with Gasteiger partial charge in [-0.15, -0.1) is 0 Å². The van der Waals surface area contributed by atoms with Crippen LogP contribution in [0, 0.1) is 0 Å². The fourth-order valence-electron chi connectivity index (χ4n) is 3.48.